The lowest BCUT2D eigenvalue weighted by Gasteiger charge is -2.33. The lowest BCUT2D eigenvalue weighted by molar-refractivity contribution is -0.139. The fraction of sp³-hybridized carbons (Fsp3) is 0.706. The zero-order valence-electron chi connectivity index (χ0n) is 14.5. The van der Waals surface area contributed by atoms with Crippen LogP contribution < -0.4 is 5.32 Å². The van der Waals surface area contributed by atoms with Gasteiger partial charge in [0.1, 0.15) is 12.4 Å². The topological polar surface area (TPSA) is 76.5 Å². The molecule has 7 heteroatoms. The standard InChI is InChI=1S/C17H26N4O3/c1-3-24-11-16(23)21-7-6-20-10-14(19-17(20)12(21)2)8-15(22)18-9-13-4-5-13/h10,12-13H,3-9,11H2,1-2H3,(H,18,22)/t12-/m0/s1. The predicted molar refractivity (Wildman–Crippen MR) is 88.3 cm³/mol. The van der Waals surface area contributed by atoms with Crippen LogP contribution in [0.1, 0.15) is 44.2 Å². The van der Waals surface area contributed by atoms with Gasteiger partial charge in [-0.15, -0.1) is 0 Å². The number of carbonyl (C=O) groups excluding carboxylic acids is 2. The first-order chi connectivity index (χ1) is 11.6. The molecule has 0 unspecified atom stereocenters. The number of imidazole rings is 1. The monoisotopic (exact) mass is 334 g/mol. The van der Waals surface area contributed by atoms with Gasteiger partial charge in [-0.3, -0.25) is 9.59 Å². The van der Waals surface area contributed by atoms with Crippen LogP contribution in [0.4, 0.5) is 0 Å². The first-order valence-electron chi connectivity index (χ1n) is 8.78. The smallest absolute Gasteiger partial charge is 0.249 e. The molecule has 7 nitrogen and oxygen atoms in total. The molecule has 1 aromatic heterocycles. The Bertz CT molecular complexity index is 609. The number of hydrogen-bond donors (Lipinski definition) is 1. The van der Waals surface area contributed by atoms with E-state index in [-0.39, 0.29) is 24.5 Å². The van der Waals surface area contributed by atoms with Crippen LogP contribution >= 0.6 is 0 Å². The van der Waals surface area contributed by atoms with Gasteiger partial charge in [-0.1, -0.05) is 0 Å². The van der Waals surface area contributed by atoms with Gasteiger partial charge in [0.25, 0.3) is 0 Å². The second-order valence-corrected chi connectivity index (χ2v) is 6.61. The highest BCUT2D eigenvalue weighted by Gasteiger charge is 2.30. The highest BCUT2D eigenvalue weighted by Crippen LogP contribution is 2.27. The average Bonchev–Trinajstić information content (AvgIpc) is 3.30. The van der Waals surface area contributed by atoms with Crippen molar-refractivity contribution >= 4 is 11.8 Å². The van der Waals surface area contributed by atoms with Gasteiger partial charge in [0, 0.05) is 32.4 Å². The maximum atomic E-state index is 12.2. The van der Waals surface area contributed by atoms with Crippen LogP contribution in [0, 0.1) is 5.92 Å². The van der Waals surface area contributed by atoms with Crippen LogP contribution in [0.15, 0.2) is 6.20 Å². The van der Waals surface area contributed by atoms with Crippen molar-refractivity contribution in [3.05, 3.63) is 17.7 Å². The maximum Gasteiger partial charge on any atom is 0.249 e. The molecule has 1 atom stereocenters. The lowest BCUT2D eigenvalue weighted by atomic mass is 10.2. The van der Waals surface area contributed by atoms with Gasteiger partial charge in [-0.2, -0.15) is 0 Å². The Balaban J connectivity index is 1.60. The second-order valence-electron chi connectivity index (χ2n) is 6.61. The van der Waals surface area contributed by atoms with Crippen molar-refractivity contribution in [3.63, 3.8) is 0 Å². The van der Waals surface area contributed by atoms with Gasteiger partial charge < -0.3 is 19.5 Å². The van der Waals surface area contributed by atoms with Gasteiger partial charge in [0.15, 0.2) is 0 Å². The Morgan fingerprint density at radius 3 is 2.88 bits per heavy atom. The molecule has 24 heavy (non-hydrogen) atoms. The fourth-order valence-electron chi connectivity index (χ4n) is 3.05. The molecule has 1 aliphatic heterocycles. The SMILES string of the molecule is CCOCC(=O)N1CCn2cc(CC(=O)NCC3CC3)nc2[C@@H]1C. The molecule has 0 spiro atoms. The number of carbonyl (C=O) groups is 2. The van der Waals surface area contributed by atoms with Crippen LogP contribution in [0.5, 0.6) is 0 Å². The molecule has 1 aliphatic carbocycles. The summed E-state index contributed by atoms with van der Waals surface area (Å²) >= 11 is 0. The second kappa shape index (κ2) is 7.34. The number of hydrogen-bond acceptors (Lipinski definition) is 4. The molecule has 132 valence electrons. The summed E-state index contributed by atoms with van der Waals surface area (Å²) in [5, 5.41) is 2.97. The van der Waals surface area contributed by atoms with Crippen LogP contribution in [-0.2, 0) is 27.3 Å². The number of amides is 2. The largest absolute Gasteiger partial charge is 0.372 e. The van der Waals surface area contributed by atoms with Crippen LogP contribution in [0.2, 0.25) is 0 Å². The molecule has 2 heterocycles. The molecule has 1 aromatic rings. The van der Waals surface area contributed by atoms with Crippen LogP contribution in [-0.4, -0.2) is 52.6 Å². The lowest BCUT2D eigenvalue weighted by Crippen LogP contribution is -2.42. The Morgan fingerprint density at radius 2 is 2.17 bits per heavy atom. The Morgan fingerprint density at radius 1 is 1.38 bits per heavy atom. The van der Waals surface area contributed by atoms with Crippen molar-refractivity contribution in [2.24, 2.45) is 5.92 Å². The van der Waals surface area contributed by atoms with E-state index in [1.54, 1.807) is 4.90 Å². The molecular formula is C17H26N4O3. The minimum absolute atomic E-state index is 0.0117. The van der Waals surface area contributed by atoms with Crippen molar-refractivity contribution in [1.82, 2.24) is 19.8 Å². The molecule has 0 saturated heterocycles. The van der Waals surface area contributed by atoms with E-state index in [0.717, 1.165) is 18.1 Å². The summed E-state index contributed by atoms with van der Waals surface area (Å²) in [4.78, 5) is 30.6. The molecule has 3 rings (SSSR count). The van der Waals surface area contributed by atoms with Gasteiger partial charge in [-0.25, -0.2) is 4.98 Å². The van der Waals surface area contributed by atoms with E-state index in [1.807, 2.05) is 20.0 Å². The van der Waals surface area contributed by atoms with Crippen molar-refractivity contribution in [3.8, 4) is 0 Å². The molecule has 1 saturated carbocycles. The van der Waals surface area contributed by atoms with E-state index in [2.05, 4.69) is 14.9 Å². The summed E-state index contributed by atoms with van der Waals surface area (Å²) in [6.07, 6.45) is 4.68. The Kier molecular flexibility index (Phi) is 5.18. The van der Waals surface area contributed by atoms with Crippen LogP contribution in [0.25, 0.3) is 0 Å². The molecule has 1 fully saturated rings. The number of aromatic nitrogens is 2. The maximum absolute atomic E-state index is 12.2. The first-order valence-corrected chi connectivity index (χ1v) is 8.78. The summed E-state index contributed by atoms with van der Waals surface area (Å²) in [6.45, 7) is 6.61. The normalized spacial score (nSPS) is 19.9. The van der Waals surface area contributed by atoms with Crippen molar-refractivity contribution in [2.75, 3.05) is 26.3 Å². The molecule has 2 amide bonds. The third-order valence-electron chi connectivity index (χ3n) is 4.66. The number of rotatable bonds is 7. The zero-order valence-corrected chi connectivity index (χ0v) is 14.5. The summed E-state index contributed by atoms with van der Waals surface area (Å²) in [7, 11) is 0. The fourth-order valence-corrected chi connectivity index (χ4v) is 3.05. The molecule has 0 radical (unpaired) electrons. The van der Waals surface area contributed by atoms with E-state index in [9.17, 15) is 9.59 Å². The average molecular weight is 334 g/mol. The van der Waals surface area contributed by atoms with Gasteiger partial charge in [0.2, 0.25) is 11.8 Å². The van der Waals surface area contributed by atoms with Crippen LogP contribution in [0.3, 0.4) is 0 Å². The highest BCUT2D eigenvalue weighted by molar-refractivity contribution is 5.78. The molecule has 2 aliphatic rings. The van der Waals surface area contributed by atoms with E-state index < -0.39 is 0 Å². The van der Waals surface area contributed by atoms with E-state index in [0.29, 0.717) is 32.0 Å². The predicted octanol–water partition coefficient (Wildman–Crippen LogP) is 0.892. The summed E-state index contributed by atoms with van der Waals surface area (Å²) in [5.74, 6) is 1.53. The minimum atomic E-state index is -0.102. The Hall–Kier alpha value is -1.89. The molecule has 0 bridgehead atoms. The Labute approximate surface area is 142 Å². The first kappa shape index (κ1) is 17.0. The third-order valence-corrected chi connectivity index (χ3v) is 4.66. The zero-order chi connectivity index (χ0) is 17.1. The number of nitrogens with one attached hydrogen (secondary N) is 1. The highest BCUT2D eigenvalue weighted by atomic mass is 16.5. The summed E-state index contributed by atoms with van der Waals surface area (Å²) in [5.41, 5.74) is 0.768. The number of nitrogens with zero attached hydrogens (tertiary/aromatic N) is 3. The van der Waals surface area contributed by atoms with Gasteiger partial charge >= 0.3 is 0 Å². The molecule has 0 aromatic carbocycles. The number of fused-ring (bicyclic) bond motifs is 1. The van der Waals surface area contributed by atoms with E-state index in [1.165, 1.54) is 12.8 Å². The van der Waals surface area contributed by atoms with Gasteiger partial charge in [-0.05, 0) is 32.6 Å². The minimum Gasteiger partial charge on any atom is -0.372 e. The van der Waals surface area contributed by atoms with E-state index >= 15 is 0 Å². The molecular weight excluding hydrogens is 308 g/mol. The third kappa shape index (κ3) is 3.95. The summed E-state index contributed by atoms with van der Waals surface area (Å²) in [6, 6.07) is -0.102. The quantitative estimate of drug-likeness (QED) is 0.803. The van der Waals surface area contributed by atoms with Gasteiger partial charge in [0.05, 0.1) is 18.2 Å². The van der Waals surface area contributed by atoms with Crippen molar-refractivity contribution in [1.29, 1.82) is 0 Å². The summed E-state index contributed by atoms with van der Waals surface area (Å²) < 4.78 is 7.28. The number of ether oxygens (including phenoxy) is 1. The van der Waals surface area contributed by atoms with Crippen molar-refractivity contribution < 1.29 is 14.3 Å². The van der Waals surface area contributed by atoms with E-state index in [4.69, 9.17) is 4.74 Å². The van der Waals surface area contributed by atoms with Crippen molar-refractivity contribution in [2.45, 2.75) is 45.7 Å². The molecule has 1 N–H and O–H groups in total.